The lowest BCUT2D eigenvalue weighted by Crippen LogP contribution is -2.26. The number of hydrogen-bond acceptors (Lipinski definition) is 2. The summed E-state index contributed by atoms with van der Waals surface area (Å²) in [6.45, 7) is 5.86. The van der Waals surface area contributed by atoms with Crippen LogP contribution in [0.2, 0.25) is 0 Å². The van der Waals surface area contributed by atoms with Crippen LogP contribution in [-0.2, 0) is 4.74 Å². The lowest BCUT2D eigenvalue weighted by atomic mass is 10.1. The van der Waals surface area contributed by atoms with Gasteiger partial charge in [0.05, 0.1) is 0 Å². The van der Waals surface area contributed by atoms with Crippen molar-refractivity contribution in [2.45, 2.75) is 19.9 Å². The predicted octanol–water partition coefficient (Wildman–Crippen LogP) is 2.76. The van der Waals surface area contributed by atoms with Gasteiger partial charge < -0.3 is 10.1 Å². The van der Waals surface area contributed by atoms with Crippen molar-refractivity contribution in [1.29, 1.82) is 0 Å². The Morgan fingerprint density at radius 3 is 2.44 bits per heavy atom. The summed E-state index contributed by atoms with van der Waals surface area (Å²) in [4.78, 5) is 0. The third kappa shape index (κ3) is 4.29. The Morgan fingerprint density at radius 2 is 1.88 bits per heavy atom. The van der Waals surface area contributed by atoms with E-state index in [2.05, 4.69) is 19.2 Å². The Balaban J connectivity index is 2.40. The molecule has 0 fully saturated rings. The third-order valence-electron chi connectivity index (χ3n) is 2.59. The van der Waals surface area contributed by atoms with Gasteiger partial charge in [-0.1, -0.05) is 19.1 Å². The summed E-state index contributed by atoms with van der Waals surface area (Å²) in [7, 11) is 1.71. The molecule has 0 bridgehead atoms. The van der Waals surface area contributed by atoms with E-state index in [0.717, 1.165) is 18.7 Å². The Bertz CT molecular complexity index is 299. The van der Waals surface area contributed by atoms with Gasteiger partial charge in [-0.25, -0.2) is 4.39 Å². The van der Waals surface area contributed by atoms with Crippen LogP contribution in [0.3, 0.4) is 0 Å². The first-order valence-electron chi connectivity index (χ1n) is 5.61. The highest BCUT2D eigenvalue weighted by Crippen LogP contribution is 2.13. The summed E-state index contributed by atoms with van der Waals surface area (Å²) >= 11 is 0. The van der Waals surface area contributed by atoms with Crippen LogP contribution in [0.4, 0.5) is 4.39 Å². The molecule has 0 saturated heterocycles. The maximum Gasteiger partial charge on any atom is 0.123 e. The number of nitrogens with one attached hydrogen (secondary N) is 1. The average molecular weight is 225 g/mol. The molecule has 1 aromatic rings. The molecular formula is C13H20FNO. The van der Waals surface area contributed by atoms with Crippen LogP contribution in [0.5, 0.6) is 0 Å². The number of halogens is 1. The van der Waals surface area contributed by atoms with Gasteiger partial charge in [-0.05, 0) is 30.5 Å². The normalized spacial score (nSPS) is 14.8. The quantitative estimate of drug-likeness (QED) is 0.803. The van der Waals surface area contributed by atoms with Gasteiger partial charge in [0.1, 0.15) is 5.82 Å². The van der Waals surface area contributed by atoms with Crippen molar-refractivity contribution >= 4 is 0 Å². The maximum atomic E-state index is 12.7. The van der Waals surface area contributed by atoms with Crippen LogP contribution in [0, 0.1) is 11.7 Å². The van der Waals surface area contributed by atoms with Crippen molar-refractivity contribution in [1.82, 2.24) is 5.32 Å². The number of methoxy groups -OCH3 is 1. The van der Waals surface area contributed by atoms with Gasteiger partial charge in [-0.2, -0.15) is 0 Å². The van der Waals surface area contributed by atoms with E-state index in [1.54, 1.807) is 7.11 Å². The zero-order valence-electron chi connectivity index (χ0n) is 10.2. The fourth-order valence-electron chi connectivity index (χ4n) is 1.59. The monoisotopic (exact) mass is 225 g/mol. The maximum absolute atomic E-state index is 12.7. The molecule has 16 heavy (non-hydrogen) atoms. The van der Waals surface area contributed by atoms with Crippen molar-refractivity contribution in [2.24, 2.45) is 5.92 Å². The summed E-state index contributed by atoms with van der Waals surface area (Å²) in [5.74, 6) is 0.289. The van der Waals surface area contributed by atoms with Gasteiger partial charge >= 0.3 is 0 Å². The van der Waals surface area contributed by atoms with Crippen LogP contribution in [0.1, 0.15) is 25.5 Å². The second kappa shape index (κ2) is 6.61. The van der Waals surface area contributed by atoms with Gasteiger partial charge in [0.15, 0.2) is 0 Å². The molecule has 1 N–H and O–H groups in total. The highest BCUT2D eigenvalue weighted by atomic mass is 19.1. The lowest BCUT2D eigenvalue weighted by Gasteiger charge is -2.17. The highest BCUT2D eigenvalue weighted by Gasteiger charge is 2.07. The van der Waals surface area contributed by atoms with E-state index in [1.807, 2.05) is 12.1 Å². The summed E-state index contributed by atoms with van der Waals surface area (Å²) in [6.07, 6.45) is 0. The second-order valence-corrected chi connectivity index (χ2v) is 4.24. The third-order valence-corrected chi connectivity index (χ3v) is 2.59. The average Bonchev–Trinajstić information content (AvgIpc) is 2.27. The molecule has 0 aromatic heterocycles. The Morgan fingerprint density at radius 1 is 1.25 bits per heavy atom. The van der Waals surface area contributed by atoms with E-state index in [0.29, 0.717) is 5.92 Å². The Kier molecular flexibility index (Phi) is 5.43. The van der Waals surface area contributed by atoms with Gasteiger partial charge in [0, 0.05) is 26.3 Å². The Hall–Kier alpha value is -0.930. The molecule has 0 aliphatic heterocycles. The van der Waals surface area contributed by atoms with Crippen molar-refractivity contribution in [3.05, 3.63) is 35.6 Å². The van der Waals surface area contributed by atoms with Gasteiger partial charge in [-0.3, -0.25) is 0 Å². The fourth-order valence-corrected chi connectivity index (χ4v) is 1.59. The molecule has 1 unspecified atom stereocenters. The van der Waals surface area contributed by atoms with Crippen LogP contribution < -0.4 is 5.32 Å². The van der Waals surface area contributed by atoms with Crippen molar-refractivity contribution in [3.63, 3.8) is 0 Å². The lowest BCUT2D eigenvalue weighted by molar-refractivity contribution is 0.157. The molecule has 0 amide bonds. The van der Waals surface area contributed by atoms with E-state index in [1.165, 1.54) is 12.1 Å². The van der Waals surface area contributed by atoms with Gasteiger partial charge in [-0.15, -0.1) is 0 Å². The first-order valence-corrected chi connectivity index (χ1v) is 5.61. The number of benzene rings is 1. The molecule has 1 rings (SSSR count). The van der Waals surface area contributed by atoms with Crippen molar-refractivity contribution in [3.8, 4) is 0 Å². The predicted molar refractivity (Wildman–Crippen MR) is 63.9 cm³/mol. The van der Waals surface area contributed by atoms with Gasteiger partial charge in [0.2, 0.25) is 0 Å². The fraction of sp³-hybridized carbons (Fsp3) is 0.538. The zero-order chi connectivity index (χ0) is 12.0. The topological polar surface area (TPSA) is 21.3 Å². The molecule has 0 heterocycles. The van der Waals surface area contributed by atoms with Crippen LogP contribution in [0.15, 0.2) is 24.3 Å². The summed E-state index contributed by atoms with van der Waals surface area (Å²) in [6, 6.07) is 6.85. The van der Waals surface area contributed by atoms with Crippen LogP contribution in [0.25, 0.3) is 0 Å². The number of hydrogen-bond donors (Lipinski definition) is 1. The highest BCUT2D eigenvalue weighted by molar-refractivity contribution is 5.19. The largest absolute Gasteiger partial charge is 0.384 e. The SMILES string of the molecule is COCC(C)CN[C@@H](C)c1ccc(F)cc1. The standard InChI is InChI=1S/C13H20FNO/c1-10(9-16-3)8-15-11(2)12-4-6-13(14)7-5-12/h4-7,10-11,15H,8-9H2,1-3H3/t10?,11-/m0/s1. The molecule has 2 nitrogen and oxygen atoms in total. The van der Waals surface area contributed by atoms with E-state index in [4.69, 9.17) is 4.74 Å². The van der Waals surface area contributed by atoms with E-state index in [-0.39, 0.29) is 11.9 Å². The summed E-state index contributed by atoms with van der Waals surface area (Å²) < 4.78 is 17.8. The molecule has 0 aliphatic rings. The van der Waals surface area contributed by atoms with Gasteiger partial charge in [0.25, 0.3) is 0 Å². The molecule has 2 atom stereocenters. The van der Waals surface area contributed by atoms with Crippen LogP contribution in [-0.4, -0.2) is 20.3 Å². The first kappa shape index (κ1) is 13.1. The number of rotatable bonds is 6. The summed E-state index contributed by atoms with van der Waals surface area (Å²) in [5.41, 5.74) is 1.10. The van der Waals surface area contributed by atoms with Crippen LogP contribution >= 0.6 is 0 Å². The zero-order valence-corrected chi connectivity index (χ0v) is 10.2. The second-order valence-electron chi connectivity index (χ2n) is 4.24. The minimum absolute atomic E-state index is 0.191. The Labute approximate surface area is 96.8 Å². The molecule has 0 aliphatic carbocycles. The molecule has 0 radical (unpaired) electrons. The van der Waals surface area contributed by atoms with E-state index >= 15 is 0 Å². The minimum Gasteiger partial charge on any atom is -0.384 e. The number of ether oxygens (including phenoxy) is 1. The molecule has 90 valence electrons. The molecule has 3 heteroatoms. The molecule has 0 saturated carbocycles. The molecule has 1 aromatic carbocycles. The van der Waals surface area contributed by atoms with Crippen molar-refractivity contribution in [2.75, 3.05) is 20.3 Å². The van der Waals surface area contributed by atoms with E-state index in [9.17, 15) is 4.39 Å². The minimum atomic E-state index is -0.191. The molecule has 0 spiro atoms. The first-order chi connectivity index (χ1) is 7.63. The summed E-state index contributed by atoms with van der Waals surface area (Å²) in [5, 5.41) is 3.40. The smallest absolute Gasteiger partial charge is 0.123 e. The van der Waals surface area contributed by atoms with E-state index < -0.39 is 0 Å². The molecular weight excluding hydrogens is 205 g/mol. The van der Waals surface area contributed by atoms with Crippen molar-refractivity contribution < 1.29 is 9.13 Å².